The van der Waals surface area contributed by atoms with Crippen LogP contribution >= 0.6 is 12.2 Å². The third-order valence-corrected chi connectivity index (χ3v) is 4.69. The predicted molar refractivity (Wildman–Crippen MR) is 113 cm³/mol. The SMILES string of the molecule is Cc1ccc(CNC(=S)N(Cc2ccccc2)Cc2ccccc2)cc1. The first-order valence-electron chi connectivity index (χ1n) is 8.87. The molecule has 3 rings (SSSR count). The van der Waals surface area contributed by atoms with Gasteiger partial charge in [-0.15, -0.1) is 0 Å². The average Bonchev–Trinajstić information content (AvgIpc) is 2.68. The molecule has 0 aromatic heterocycles. The molecule has 3 heteroatoms. The maximum Gasteiger partial charge on any atom is 0.169 e. The second-order valence-corrected chi connectivity index (χ2v) is 6.86. The number of rotatable bonds is 6. The normalized spacial score (nSPS) is 10.3. The Morgan fingerprint density at radius 2 is 1.23 bits per heavy atom. The van der Waals surface area contributed by atoms with Gasteiger partial charge in [0, 0.05) is 19.6 Å². The van der Waals surface area contributed by atoms with E-state index in [1.165, 1.54) is 22.3 Å². The molecular weight excluding hydrogens is 336 g/mol. The van der Waals surface area contributed by atoms with Crippen molar-refractivity contribution < 1.29 is 0 Å². The third kappa shape index (κ3) is 5.43. The highest BCUT2D eigenvalue weighted by Crippen LogP contribution is 2.11. The van der Waals surface area contributed by atoms with Gasteiger partial charge < -0.3 is 10.2 Å². The van der Waals surface area contributed by atoms with E-state index in [9.17, 15) is 0 Å². The van der Waals surface area contributed by atoms with Crippen LogP contribution in [-0.2, 0) is 19.6 Å². The van der Waals surface area contributed by atoms with Crippen molar-refractivity contribution in [2.75, 3.05) is 0 Å². The first-order chi connectivity index (χ1) is 12.7. The third-order valence-electron chi connectivity index (χ3n) is 4.28. The topological polar surface area (TPSA) is 15.3 Å². The van der Waals surface area contributed by atoms with E-state index in [1.54, 1.807) is 0 Å². The molecule has 26 heavy (non-hydrogen) atoms. The van der Waals surface area contributed by atoms with Gasteiger partial charge in [0.1, 0.15) is 0 Å². The minimum absolute atomic E-state index is 0.735. The Hall–Kier alpha value is -2.65. The molecule has 0 saturated heterocycles. The highest BCUT2D eigenvalue weighted by atomic mass is 32.1. The van der Waals surface area contributed by atoms with Crippen LogP contribution in [0.3, 0.4) is 0 Å². The van der Waals surface area contributed by atoms with Crippen molar-refractivity contribution in [2.24, 2.45) is 0 Å². The molecule has 132 valence electrons. The summed E-state index contributed by atoms with van der Waals surface area (Å²) in [6.07, 6.45) is 0. The average molecular weight is 361 g/mol. The highest BCUT2D eigenvalue weighted by molar-refractivity contribution is 7.80. The molecule has 0 aliphatic rings. The van der Waals surface area contributed by atoms with Crippen molar-refractivity contribution in [1.82, 2.24) is 10.2 Å². The summed E-state index contributed by atoms with van der Waals surface area (Å²) in [5, 5.41) is 4.19. The lowest BCUT2D eigenvalue weighted by molar-refractivity contribution is 0.399. The molecule has 0 bridgehead atoms. The molecule has 0 unspecified atom stereocenters. The van der Waals surface area contributed by atoms with Crippen molar-refractivity contribution >= 4 is 17.3 Å². The van der Waals surface area contributed by atoms with Crippen LogP contribution < -0.4 is 5.32 Å². The molecule has 1 N–H and O–H groups in total. The van der Waals surface area contributed by atoms with E-state index in [2.05, 4.69) is 89.9 Å². The quantitative estimate of drug-likeness (QED) is 0.618. The molecule has 0 heterocycles. The fraction of sp³-hybridized carbons (Fsp3) is 0.174. The zero-order chi connectivity index (χ0) is 18.2. The fourth-order valence-electron chi connectivity index (χ4n) is 2.80. The van der Waals surface area contributed by atoms with Crippen LogP contribution in [0.4, 0.5) is 0 Å². The van der Waals surface area contributed by atoms with Crippen molar-refractivity contribution in [3.8, 4) is 0 Å². The number of benzene rings is 3. The number of nitrogens with zero attached hydrogens (tertiary/aromatic N) is 1. The molecule has 0 fully saturated rings. The van der Waals surface area contributed by atoms with Crippen molar-refractivity contribution in [2.45, 2.75) is 26.6 Å². The first kappa shape index (κ1) is 18.2. The maximum absolute atomic E-state index is 5.71. The molecule has 3 aromatic carbocycles. The van der Waals surface area contributed by atoms with E-state index in [0.29, 0.717) is 0 Å². The Labute approximate surface area is 161 Å². The van der Waals surface area contributed by atoms with E-state index < -0.39 is 0 Å². The lowest BCUT2D eigenvalue weighted by atomic mass is 10.1. The number of hydrogen-bond donors (Lipinski definition) is 1. The number of nitrogens with one attached hydrogen (secondary N) is 1. The number of thiocarbonyl (C=S) groups is 1. The van der Waals surface area contributed by atoms with E-state index >= 15 is 0 Å². The predicted octanol–water partition coefficient (Wildman–Crippen LogP) is 5.07. The number of aryl methyl sites for hydroxylation is 1. The molecular formula is C23H24N2S. The summed E-state index contributed by atoms with van der Waals surface area (Å²) in [5.41, 5.74) is 5.01. The molecule has 0 saturated carbocycles. The van der Waals surface area contributed by atoms with Gasteiger partial charge >= 0.3 is 0 Å². The van der Waals surface area contributed by atoms with Gasteiger partial charge in [0.2, 0.25) is 0 Å². The lowest BCUT2D eigenvalue weighted by Crippen LogP contribution is -2.38. The Bertz CT molecular complexity index is 772. The smallest absolute Gasteiger partial charge is 0.169 e. The summed E-state index contributed by atoms with van der Waals surface area (Å²) in [4.78, 5) is 2.22. The van der Waals surface area contributed by atoms with Gasteiger partial charge in [0.25, 0.3) is 0 Å². The minimum Gasteiger partial charge on any atom is -0.358 e. The van der Waals surface area contributed by atoms with Crippen LogP contribution in [0, 0.1) is 6.92 Å². The maximum atomic E-state index is 5.71. The van der Waals surface area contributed by atoms with Gasteiger partial charge in [-0.25, -0.2) is 0 Å². The summed E-state index contributed by atoms with van der Waals surface area (Å²) in [7, 11) is 0. The molecule has 0 aliphatic heterocycles. The van der Waals surface area contributed by atoms with Crippen molar-refractivity contribution in [3.63, 3.8) is 0 Å². The summed E-state index contributed by atoms with van der Waals surface area (Å²) in [5.74, 6) is 0. The van der Waals surface area contributed by atoms with E-state index in [4.69, 9.17) is 12.2 Å². The number of hydrogen-bond acceptors (Lipinski definition) is 1. The van der Waals surface area contributed by atoms with Gasteiger partial charge in [-0.3, -0.25) is 0 Å². The largest absolute Gasteiger partial charge is 0.358 e. The highest BCUT2D eigenvalue weighted by Gasteiger charge is 2.11. The monoisotopic (exact) mass is 360 g/mol. The Kier molecular flexibility index (Phi) is 6.39. The standard InChI is InChI=1S/C23H24N2S/c1-19-12-14-20(15-13-19)16-24-23(26)25(17-21-8-4-2-5-9-21)18-22-10-6-3-7-11-22/h2-15H,16-18H2,1H3,(H,24,26). The van der Waals surface area contributed by atoms with Crippen LogP contribution in [-0.4, -0.2) is 10.0 Å². The summed E-state index contributed by atoms with van der Waals surface area (Å²) < 4.78 is 0. The summed E-state index contributed by atoms with van der Waals surface area (Å²) in [6.45, 7) is 4.41. The lowest BCUT2D eigenvalue weighted by Gasteiger charge is -2.26. The fourth-order valence-corrected chi connectivity index (χ4v) is 3.00. The van der Waals surface area contributed by atoms with Gasteiger partial charge in [-0.2, -0.15) is 0 Å². The van der Waals surface area contributed by atoms with Crippen LogP contribution in [0.1, 0.15) is 22.3 Å². The van der Waals surface area contributed by atoms with Crippen LogP contribution in [0.5, 0.6) is 0 Å². The molecule has 0 spiro atoms. The molecule has 3 aromatic rings. The molecule has 2 nitrogen and oxygen atoms in total. The van der Waals surface area contributed by atoms with Gasteiger partial charge in [-0.1, -0.05) is 90.5 Å². The molecule has 0 amide bonds. The van der Waals surface area contributed by atoms with Crippen LogP contribution in [0.15, 0.2) is 84.9 Å². The first-order valence-corrected chi connectivity index (χ1v) is 9.28. The van der Waals surface area contributed by atoms with E-state index in [-0.39, 0.29) is 0 Å². The molecule has 0 radical (unpaired) electrons. The van der Waals surface area contributed by atoms with Crippen LogP contribution in [0.25, 0.3) is 0 Å². The molecule has 0 atom stereocenters. The van der Waals surface area contributed by atoms with E-state index in [1.807, 2.05) is 12.1 Å². The van der Waals surface area contributed by atoms with Gasteiger partial charge in [0.15, 0.2) is 5.11 Å². The van der Waals surface area contributed by atoms with Crippen molar-refractivity contribution in [1.29, 1.82) is 0 Å². The van der Waals surface area contributed by atoms with Gasteiger partial charge in [0.05, 0.1) is 0 Å². The van der Waals surface area contributed by atoms with Crippen LogP contribution in [0.2, 0.25) is 0 Å². The zero-order valence-corrected chi connectivity index (χ0v) is 15.9. The molecule has 0 aliphatic carbocycles. The van der Waals surface area contributed by atoms with E-state index in [0.717, 1.165) is 24.7 Å². The Balaban J connectivity index is 1.68. The summed E-state index contributed by atoms with van der Waals surface area (Å²) in [6, 6.07) is 29.5. The van der Waals surface area contributed by atoms with Gasteiger partial charge in [-0.05, 0) is 35.8 Å². The Morgan fingerprint density at radius 3 is 1.73 bits per heavy atom. The second kappa shape index (κ2) is 9.16. The Morgan fingerprint density at radius 1 is 0.731 bits per heavy atom. The van der Waals surface area contributed by atoms with Crippen molar-refractivity contribution in [3.05, 3.63) is 107 Å². The minimum atomic E-state index is 0.735. The zero-order valence-electron chi connectivity index (χ0n) is 15.1. The second-order valence-electron chi connectivity index (χ2n) is 6.47. The summed E-state index contributed by atoms with van der Waals surface area (Å²) >= 11 is 5.71.